The van der Waals surface area contributed by atoms with E-state index in [1.54, 1.807) is 0 Å². The Labute approximate surface area is 114 Å². The Hall–Kier alpha value is -0.940. The average molecular weight is 268 g/mol. The molecule has 5 nitrogen and oxygen atoms in total. The second kappa shape index (κ2) is 7.01. The van der Waals surface area contributed by atoms with Gasteiger partial charge in [0.15, 0.2) is 0 Å². The Morgan fingerprint density at radius 2 is 2.00 bits per heavy atom. The van der Waals surface area contributed by atoms with E-state index >= 15 is 0 Å². The van der Waals surface area contributed by atoms with Gasteiger partial charge in [-0.1, -0.05) is 13.3 Å². The highest BCUT2D eigenvalue weighted by Crippen LogP contribution is 2.31. The zero-order chi connectivity index (χ0) is 13.7. The van der Waals surface area contributed by atoms with Crippen molar-refractivity contribution < 1.29 is 14.3 Å². The number of carbonyl (C=O) groups excluding carboxylic acids is 2. The van der Waals surface area contributed by atoms with E-state index in [4.69, 9.17) is 4.74 Å². The lowest BCUT2D eigenvalue weighted by Crippen LogP contribution is -2.40. The lowest BCUT2D eigenvalue weighted by molar-refractivity contribution is -0.139. The van der Waals surface area contributed by atoms with Gasteiger partial charge < -0.3 is 10.1 Å². The van der Waals surface area contributed by atoms with Gasteiger partial charge in [0.25, 0.3) is 0 Å². The number of amides is 2. The van der Waals surface area contributed by atoms with E-state index in [9.17, 15) is 9.59 Å². The Morgan fingerprint density at radius 3 is 2.68 bits per heavy atom. The molecule has 0 spiro atoms. The van der Waals surface area contributed by atoms with Crippen LogP contribution in [-0.2, 0) is 14.3 Å². The van der Waals surface area contributed by atoms with Gasteiger partial charge in [-0.2, -0.15) is 0 Å². The summed E-state index contributed by atoms with van der Waals surface area (Å²) in [5.41, 5.74) is 0. The molecule has 1 N–H and O–H groups in total. The lowest BCUT2D eigenvalue weighted by atomic mass is 10.2. The zero-order valence-corrected chi connectivity index (χ0v) is 11.7. The molecule has 0 aromatic carbocycles. The average Bonchev–Trinajstić information content (AvgIpc) is 3.17. The first-order valence-electron chi connectivity index (χ1n) is 7.41. The molecule has 1 saturated heterocycles. The number of hydrogen-bond acceptors (Lipinski definition) is 4. The van der Waals surface area contributed by atoms with Crippen molar-refractivity contribution in [3.63, 3.8) is 0 Å². The zero-order valence-electron chi connectivity index (χ0n) is 11.7. The number of nitrogens with zero attached hydrogens (tertiary/aromatic N) is 1. The molecule has 0 aromatic rings. The van der Waals surface area contributed by atoms with Crippen molar-refractivity contribution in [3.05, 3.63) is 0 Å². The predicted molar refractivity (Wildman–Crippen MR) is 71.6 cm³/mol. The minimum absolute atomic E-state index is 0.0100. The summed E-state index contributed by atoms with van der Waals surface area (Å²) in [6.07, 6.45) is 5.41. The van der Waals surface area contributed by atoms with Crippen LogP contribution in [0.5, 0.6) is 0 Å². The van der Waals surface area contributed by atoms with E-state index in [-0.39, 0.29) is 23.9 Å². The van der Waals surface area contributed by atoms with Gasteiger partial charge >= 0.3 is 0 Å². The normalized spacial score (nSPS) is 23.4. The van der Waals surface area contributed by atoms with E-state index in [1.165, 1.54) is 4.90 Å². The molecule has 2 fully saturated rings. The molecule has 1 atom stereocenters. The lowest BCUT2D eigenvalue weighted by Gasteiger charge is -2.14. The molecule has 19 heavy (non-hydrogen) atoms. The summed E-state index contributed by atoms with van der Waals surface area (Å²) in [5.74, 6) is -0.0383. The topological polar surface area (TPSA) is 58.6 Å². The Kier molecular flexibility index (Phi) is 5.34. The first-order valence-corrected chi connectivity index (χ1v) is 7.41. The van der Waals surface area contributed by atoms with Crippen molar-refractivity contribution in [2.75, 3.05) is 19.8 Å². The molecular weight excluding hydrogens is 244 g/mol. The van der Waals surface area contributed by atoms with Crippen molar-refractivity contribution in [3.8, 4) is 0 Å². The fraction of sp³-hybridized carbons (Fsp3) is 0.857. The molecule has 2 aliphatic rings. The first-order chi connectivity index (χ1) is 9.24. The van der Waals surface area contributed by atoms with E-state index in [2.05, 4.69) is 12.2 Å². The minimum atomic E-state index is -0.302. The third kappa shape index (κ3) is 4.01. The number of carbonyl (C=O) groups is 2. The Morgan fingerprint density at radius 1 is 1.26 bits per heavy atom. The smallest absolute Gasteiger partial charge is 0.247 e. The van der Waals surface area contributed by atoms with E-state index in [0.29, 0.717) is 13.0 Å². The highest BCUT2D eigenvalue weighted by atomic mass is 16.5. The van der Waals surface area contributed by atoms with E-state index in [0.717, 1.165) is 45.3 Å². The molecule has 1 heterocycles. The summed E-state index contributed by atoms with van der Waals surface area (Å²) in [5, 5.41) is 3.17. The van der Waals surface area contributed by atoms with Crippen molar-refractivity contribution in [2.45, 2.75) is 57.5 Å². The van der Waals surface area contributed by atoms with Crippen LogP contribution in [0.2, 0.25) is 0 Å². The summed E-state index contributed by atoms with van der Waals surface area (Å²) in [6, 6.07) is -0.104. The third-order valence-electron chi connectivity index (χ3n) is 3.59. The number of nitrogens with one attached hydrogen (secondary N) is 1. The molecule has 1 aliphatic heterocycles. The van der Waals surface area contributed by atoms with Crippen LogP contribution >= 0.6 is 0 Å². The van der Waals surface area contributed by atoms with Crippen molar-refractivity contribution in [1.82, 2.24) is 10.2 Å². The van der Waals surface area contributed by atoms with Crippen LogP contribution < -0.4 is 5.32 Å². The molecule has 0 radical (unpaired) electrons. The summed E-state index contributed by atoms with van der Waals surface area (Å²) in [4.78, 5) is 25.2. The number of imide groups is 1. The van der Waals surface area contributed by atoms with Crippen LogP contribution in [0.4, 0.5) is 0 Å². The quantitative estimate of drug-likeness (QED) is 0.502. The Bertz CT molecular complexity index is 329. The van der Waals surface area contributed by atoms with Crippen LogP contribution in [0, 0.1) is 0 Å². The third-order valence-corrected chi connectivity index (χ3v) is 3.59. The number of ether oxygens (including phenoxy) is 1. The van der Waals surface area contributed by atoms with Crippen molar-refractivity contribution in [2.24, 2.45) is 0 Å². The number of unbranched alkanes of at least 4 members (excludes halogenated alkanes) is 1. The molecular formula is C14H24N2O3. The molecule has 108 valence electrons. The van der Waals surface area contributed by atoms with E-state index < -0.39 is 0 Å². The molecule has 1 saturated carbocycles. The monoisotopic (exact) mass is 268 g/mol. The van der Waals surface area contributed by atoms with Crippen LogP contribution in [-0.4, -0.2) is 48.6 Å². The standard InChI is InChI=1S/C14H24N2O3/c1-2-3-8-19-9-4-7-15-12-10-13(17)16(14(12)18)11-5-6-11/h11-12,15H,2-10H2,1H3. The largest absolute Gasteiger partial charge is 0.381 e. The van der Waals surface area contributed by atoms with Crippen LogP contribution in [0.3, 0.4) is 0 Å². The Balaban J connectivity index is 1.59. The van der Waals surface area contributed by atoms with Gasteiger partial charge in [0.2, 0.25) is 11.8 Å². The van der Waals surface area contributed by atoms with Gasteiger partial charge in [0, 0.05) is 19.3 Å². The van der Waals surface area contributed by atoms with Gasteiger partial charge in [-0.05, 0) is 32.2 Å². The van der Waals surface area contributed by atoms with Gasteiger partial charge in [-0.25, -0.2) is 0 Å². The fourth-order valence-corrected chi connectivity index (χ4v) is 2.33. The highest BCUT2D eigenvalue weighted by molar-refractivity contribution is 6.06. The van der Waals surface area contributed by atoms with Crippen LogP contribution in [0.1, 0.15) is 45.4 Å². The molecule has 1 aliphatic carbocycles. The summed E-state index contributed by atoms with van der Waals surface area (Å²) < 4.78 is 5.45. The maximum atomic E-state index is 12.0. The van der Waals surface area contributed by atoms with Crippen molar-refractivity contribution >= 4 is 11.8 Å². The molecule has 2 amide bonds. The van der Waals surface area contributed by atoms with Gasteiger partial charge in [-0.3, -0.25) is 14.5 Å². The second-order valence-electron chi connectivity index (χ2n) is 5.36. The maximum absolute atomic E-state index is 12.0. The second-order valence-corrected chi connectivity index (χ2v) is 5.36. The molecule has 5 heteroatoms. The molecule has 1 unspecified atom stereocenters. The molecule has 0 aromatic heterocycles. The number of likely N-dealkylation sites (tertiary alicyclic amines) is 1. The molecule has 0 bridgehead atoms. The fourth-order valence-electron chi connectivity index (χ4n) is 2.33. The number of rotatable bonds is 9. The van der Waals surface area contributed by atoms with Crippen molar-refractivity contribution in [1.29, 1.82) is 0 Å². The summed E-state index contributed by atoms with van der Waals surface area (Å²) >= 11 is 0. The van der Waals surface area contributed by atoms with E-state index in [1.807, 2.05) is 0 Å². The van der Waals surface area contributed by atoms with Crippen LogP contribution in [0.15, 0.2) is 0 Å². The first kappa shape index (κ1) is 14.5. The predicted octanol–water partition coefficient (Wildman–Crippen LogP) is 1.07. The van der Waals surface area contributed by atoms with Crippen LogP contribution in [0.25, 0.3) is 0 Å². The molecule has 2 rings (SSSR count). The van der Waals surface area contributed by atoms with Gasteiger partial charge in [-0.15, -0.1) is 0 Å². The van der Waals surface area contributed by atoms with Gasteiger partial charge in [0.1, 0.15) is 0 Å². The summed E-state index contributed by atoms with van der Waals surface area (Å²) in [6.45, 7) is 4.40. The highest BCUT2D eigenvalue weighted by Gasteiger charge is 2.45. The van der Waals surface area contributed by atoms with Gasteiger partial charge in [0.05, 0.1) is 12.5 Å². The number of hydrogen-bond donors (Lipinski definition) is 1. The summed E-state index contributed by atoms with van der Waals surface area (Å²) in [7, 11) is 0. The maximum Gasteiger partial charge on any atom is 0.247 e. The SMILES string of the molecule is CCCCOCCCNC1CC(=O)N(C2CC2)C1=O. The minimum Gasteiger partial charge on any atom is -0.381 e.